The molecule has 1 aromatic heterocycles. The van der Waals surface area contributed by atoms with Gasteiger partial charge in [0.15, 0.2) is 0 Å². The molecular weight excluding hydrogens is 450 g/mol. The van der Waals surface area contributed by atoms with Crippen molar-refractivity contribution in [2.24, 2.45) is 0 Å². The SMILES string of the molecule is O=c1[nH]c2c(O)ccc(CC(O)NCCc3cccc(CNCCc4ccccc4O)c3)c2s1. The van der Waals surface area contributed by atoms with Crippen LogP contribution in [0, 0.1) is 0 Å². The van der Waals surface area contributed by atoms with E-state index in [-0.39, 0.29) is 10.6 Å². The van der Waals surface area contributed by atoms with E-state index in [1.54, 1.807) is 12.1 Å². The maximum Gasteiger partial charge on any atom is 0.305 e. The fourth-order valence-electron chi connectivity index (χ4n) is 3.97. The predicted molar refractivity (Wildman–Crippen MR) is 135 cm³/mol. The number of rotatable bonds is 11. The third kappa shape index (κ3) is 6.24. The zero-order chi connectivity index (χ0) is 23.9. The van der Waals surface area contributed by atoms with E-state index in [1.807, 2.05) is 24.3 Å². The quantitative estimate of drug-likeness (QED) is 0.145. The molecule has 34 heavy (non-hydrogen) atoms. The van der Waals surface area contributed by atoms with Crippen molar-refractivity contribution in [3.05, 3.63) is 92.6 Å². The van der Waals surface area contributed by atoms with Crippen molar-refractivity contribution in [3.8, 4) is 11.5 Å². The van der Waals surface area contributed by atoms with E-state index in [9.17, 15) is 20.1 Å². The largest absolute Gasteiger partial charge is 0.508 e. The zero-order valence-electron chi connectivity index (χ0n) is 18.8. The summed E-state index contributed by atoms with van der Waals surface area (Å²) in [6, 6.07) is 19.0. The van der Waals surface area contributed by atoms with Crippen LogP contribution in [0.25, 0.3) is 10.2 Å². The number of benzene rings is 3. The van der Waals surface area contributed by atoms with Gasteiger partial charge in [-0.25, -0.2) is 0 Å². The summed E-state index contributed by atoms with van der Waals surface area (Å²) in [5.74, 6) is 0.367. The summed E-state index contributed by atoms with van der Waals surface area (Å²) in [6.07, 6.45) is 1.11. The molecule has 0 saturated carbocycles. The van der Waals surface area contributed by atoms with E-state index in [0.29, 0.717) is 28.9 Å². The van der Waals surface area contributed by atoms with Gasteiger partial charge < -0.3 is 25.6 Å². The van der Waals surface area contributed by atoms with Crippen molar-refractivity contribution in [2.75, 3.05) is 13.1 Å². The highest BCUT2D eigenvalue weighted by molar-refractivity contribution is 7.16. The Hall–Kier alpha value is -3.17. The number of aromatic hydroxyl groups is 2. The third-order valence-electron chi connectivity index (χ3n) is 5.73. The normalized spacial score (nSPS) is 12.3. The van der Waals surface area contributed by atoms with Gasteiger partial charge in [-0.2, -0.15) is 0 Å². The Morgan fingerprint density at radius 3 is 2.56 bits per heavy atom. The van der Waals surface area contributed by atoms with Crippen LogP contribution in [0.3, 0.4) is 0 Å². The van der Waals surface area contributed by atoms with Gasteiger partial charge in [-0.05, 0) is 53.8 Å². The van der Waals surface area contributed by atoms with E-state index in [0.717, 1.165) is 48.4 Å². The van der Waals surface area contributed by atoms with Crippen molar-refractivity contribution in [3.63, 3.8) is 0 Å². The second-order valence-electron chi connectivity index (χ2n) is 8.26. The molecule has 0 fully saturated rings. The number of nitrogens with one attached hydrogen (secondary N) is 3. The minimum absolute atomic E-state index is 0.0344. The molecule has 0 aliphatic rings. The summed E-state index contributed by atoms with van der Waals surface area (Å²) >= 11 is 1.04. The standard InChI is InChI=1S/C26H29N3O4S/c30-21-7-2-1-6-19(21)11-12-27-16-18-5-3-4-17(14-18)10-13-28-23(32)15-20-8-9-22(31)24-25(20)34-26(33)29-24/h1-9,14,23,27-28,30-32H,10-13,15-16H2,(H,29,33). The van der Waals surface area contributed by atoms with Gasteiger partial charge in [0.05, 0.1) is 4.70 Å². The number of aliphatic hydroxyl groups excluding tert-OH is 1. The molecule has 0 aliphatic heterocycles. The van der Waals surface area contributed by atoms with Crippen LogP contribution in [0.15, 0.2) is 65.5 Å². The van der Waals surface area contributed by atoms with Crippen LogP contribution in [0.2, 0.25) is 0 Å². The molecule has 178 valence electrons. The van der Waals surface area contributed by atoms with Crippen molar-refractivity contribution < 1.29 is 15.3 Å². The first kappa shape index (κ1) is 24.0. The Bertz CT molecular complexity index is 1300. The first-order valence-electron chi connectivity index (χ1n) is 11.3. The zero-order valence-corrected chi connectivity index (χ0v) is 19.6. The lowest BCUT2D eigenvalue weighted by molar-refractivity contribution is 0.138. The highest BCUT2D eigenvalue weighted by Crippen LogP contribution is 2.28. The lowest BCUT2D eigenvalue weighted by Crippen LogP contribution is -2.32. The van der Waals surface area contributed by atoms with Crippen LogP contribution >= 0.6 is 11.3 Å². The molecule has 1 heterocycles. The molecular formula is C26H29N3O4S. The van der Waals surface area contributed by atoms with Crippen molar-refractivity contribution in [1.29, 1.82) is 0 Å². The molecule has 0 aliphatic carbocycles. The highest BCUT2D eigenvalue weighted by atomic mass is 32.1. The second kappa shape index (κ2) is 11.3. The Morgan fingerprint density at radius 1 is 0.882 bits per heavy atom. The fraction of sp³-hybridized carbons (Fsp3) is 0.269. The first-order chi connectivity index (χ1) is 16.5. The number of fused-ring (bicyclic) bond motifs is 1. The smallest absolute Gasteiger partial charge is 0.305 e. The minimum atomic E-state index is -0.760. The summed E-state index contributed by atoms with van der Waals surface area (Å²) in [5, 5.41) is 36.8. The van der Waals surface area contributed by atoms with E-state index in [2.05, 4.69) is 33.8 Å². The lowest BCUT2D eigenvalue weighted by atomic mass is 10.1. The maximum absolute atomic E-state index is 11.7. The van der Waals surface area contributed by atoms with E-state index >= 15 is 0 Å². The topological polar surface area (TPSA) is 118 Å². The minimum Gasteiger partial charge on any atom is -0.508 e. The Labute approximate surface area is 201 Å². The van der Waals surface area contributed by atoms with Gasteiger partial charge in [0, 0.05) is 19.5 Å². The number of phenols is 2. The lowest BCUT2D eigenvalue weighted by Gasteiger charge is -2.14. The Morgan fingerprint density at radius 2 is 1.71 bits per heavy atom. The maximum atomic E-state index is 11.7. The van der Waals surface area contributed by atoms with Crippen LogP contribution in [0.1, 0.15) is 22.3 Å². The van der Waals surface area contributed by atoms with E-state index in [4.69, 9.17) is 0 Å². The molecule has 0 bridgehead atoms. The van der Waals surface area contributed by atoms with Gasteiger partial charge in [0.25, 0.3) is 0 Å². The number of aromatic nitrogens is 1. The second-order valence-corrected chi connectivity index (χ2v) is 9.25. The molecule has 0 saturated heterocycles. The molecule has 8 heteroatoms. The predicted octanol–water partition coefficient (Wildman–Crippen LogP) is 3.03. The molecule has 4 aromatic rings. The molecule has 3 aromatic carbocycles. The Balaban J connectivity index is 1.23. The number of aliphatic hydroxyl groups is 1. The number of H-pyrrole nitrogens is 1. The van der Waals surface area contributed by atoms with Gasteiger partial charge >= 0.3 is 4.87 Å². The molecule has 4 rings (SSSR count). The van der Waals surface area contributed by atoms with Crippen LogP contribution in [0.4, 0.5) is 0 Å². The molecule has 1 atom stereocenters. The number of thiazole rings is 1. The van der Waals surface area contributed by atoms with Gasteiger partial charge in [-0.1, -0.05) is 59.9 Å². The molecule has 1 unspecified atom stereocenters. The van der Waals surface area contributed by atoms with Crippen molar-refractivity contribution >= 4 is 21.6 Å². The van der Waals surface area contributed by atoms with Gasteiger partial charge in [-0.15, -0.1) is 0 Å². The average molecular weight is 480 g/mol. The van der Waals surface area contributed by atoms with Crippen LogP contribution in [-0.2, 0) is 25.8 Å². The summed E-state index contributed by atoms with van der Waals surface area (Å²) in [4.78, 5) is 14.1. The number of aromatic amines is 1. The monoisotopic (exact) mass is 479 g/mol. The third-order valence-corrected chi connectivity index (χ3v) is 6.69. The number of hydrogen-bond acceptors (Lipinski definition) is 7. The fourth-order valence-corrected chi connectivity index (χ4v) is 4.85. The van der Waals surface area contributed by atoms with Crippen LogP contribution in [0.5, 0.6) is 11.5 Å². The molecule has 6 N–H and O–H groups in total. The molecule has 0 spiro atoms. The summed E-state index contributed by atoms with van der Waals surface area (Å²) in [6.45, 7) is 2.12. The van der Waals surface area contributed by atoms with Crippen LogP contribution in [-0.4, -0.2) is 39.6 Å². The van der Waals surface area contributed by atoms with Gasteiger partial charge in [-0.3, -0.25) is 10.1 Å². The molecule has 0 amide bonds. The molecule has 7 nitrogen and oxygen atoms in total. The summed E-state index contributed by atoms with van der Waals surface area (Å²) in [5.41, 5.74) is 4.53. The van der Waals surface area contributed by atoms with Gasteiger partial charge in [0.2, 0.25) is 0 Å². The number of para-hydroxylation sites is 1. The summed E-state index contributed by atoms with van der Waals surface area (Å²) < 4.78 is 0.675. The van der Waals surface area contributed by atoms with Crippen molar-refractivity contribution in [1.82, 2.24) is 15.6 Å². The van der Waals surface area contributed by atoms with Gasteiger partial charge in [0.1, 0.15) is 23.2 Å². The number of hydrogen-bond donors (Lipinski definition) is 6. The van der Waals surface area contributed by atoms with E-state index in [1.165, 1.54) is 17.2 Å². The van der Waals surface area contributed by atoms with E-state index < -0.39 is 6.23 Å². The first-order valence-corrected chi connectivity index (χ1v) is 12.1. The van der Waals surface area contributed by atoms with Crippen LogP contribution < -0.4 is 15.5 Å². The summed E-state index contributed by atoms with van der Waals surface area (Å²) in [7, 11) is 0. The average Bonchev–Trinajstić information content (AvgIpc) is 3.23. The Kier molecular flexibility index (Phi) is 7.97. The molecule has 0 radical (unpaired) electrons. The number of phenolic OH excluding ortho intramolecular Hbond substituents is 2. The highest BCUT2D eigenvalue weighted by Gasteiger charge is 2.13. The van der Waals surface area contributed by atoms with Crippen molar-refractivity contribution in [2.45, 2.75) is 32.0 Å².